The van der Waals surface area contributed by atoms with Gasteiger partial charge in [-0.25, -0.2) is 4.98 Å². The number of hydrogen-bond acceptors (Lipinski definition) is 3. The Labute approximate surface area is 115 Å². The number of pyridine rings is 1. The Kier molecular flexibility index (Phi) is 3.02. The van der Waals surface area contributed by atoms with Crippen LogP contribution in [0.15, 0.2) is 48.8 Å². The third kappa shape index (κ3) is 2.06. The van der Waals surface area contributed by atoms with Gasteiger partial charge in [0, 0.05) is 35.4 Å². The molecule has 0 saturated heterocycles. The van der Waals surface area contributed by atoms with Crippen LogP contribution in [0.4, 0.5) is 0 Å². The fourth-order valence-electron chi connectivity index (χ4n) is 2.32. The maximum absolute atomic E-state index is 11.0. The average Bonchev–Trinajstić information content (AvgIpc) is 2.90. The molecule has 0 amide bonds. The van der Waals surface area contributed by atoms with Gasteiger partial charge in [0.05, 0.1) is 0 Å². The summed E-state index contributed by atoms with van der Waals surface area (Å²) in [5.74, 6) is 0. The molecule has 0 bridgehead atoms. The average molecular weight is 261 g/mol. The SMILES string of the molecule is N#Cc1cc(Cn2ccc3c(C=O)cccc32)ccn1. The largest absolute Gasteiger partial charge is 0.343 e. The van der Waals surface area contributed by atoms with E-state index in [2.05, 4.69) is 9.55 Å². The molecule has 20 heavy (non-hydrogen) atoms. The molecule has 0 atom stereocenters. The Morgan fingerprint density at radius 2 is 2.20 bits per heavy atom. The molecule has 3 aromatic rings. The lowest BCUT2D eigenvalue weighted by Crippen LogP contribution is -1.99. The zero-order valence-electron chi connectivity index (χ0n) is 10.7. The minimum absolute atomic E-state index is 0.410. The van der Waals surface area contributed by atoms with E-state index in [0.717, 1.165) is 22.8 Å². The normalized spacial score (nSPS) is 10.3. The van der Waals surface area contributed by atoms with Crippen molar-refractivity contribution in [2.75, 3.05) is 0 Å². The second kappa shape index (κ2) is 4.98. The van der Waals surface area contributed by atoms with Crippen LogP contribution in [0.1, 0.15) is 21.6 Å². The van der Waals surface area contributed by atoms with Crippen LogP contribution >= 0.6 is 0 Å². The molecule has 0 aliphatic heterocycles. The van der Waals surface area contributed by atoms with Gasteiger partial charge >= 0.3 is 0 Å². The number of rotatable bonds is 3. The lowest BCUT2D eigenvalue weighted by atomic mass is 10.1. The van der Waals surface area contributed by atoms with Crippen LogP contribution in [-0.4, -0.2) is 15.8 Å². The van der Waals surface area contributed by atoms with Crippen LogP contribution in [0.3, 0.4) is 0 Å². The lowest BCUT2D eigenvalue weighted by molar-refractivity contribution is 0.112. The first-order valence-electron chi connectivity index (χ1n) is 6.20. The molecule has 0 unspecified atom stereocenters. The van der Waals surface area contributed by atoms with E-state index < -0.39 is 0 Å². The van der Waals surface area contributed by atoms with Gasteiger partial charge in [-0.1, -0.05) is 12.1 Å². The van der Waals surface area contributed by atoms with Crippen LogP contribution in [0.25, 0.3) is 10.9 Å². The molecule has 2 heterocycles. The number of aldehydes is 1. The Balaban J connectivity index is 2.03. The summed E-state index contributed by atoms with van der Waals surface area (Å²) in [4.78, 5) is 15.0. The number of aromatic nitrogens is 2. The maximum Gasteiger partial charge on any atom is 0.150 e. The first kappa shape index (κ1) is 12.1. The molecule has 0 spiro atoms. The van der Waals surface area contributed by atoms with E-state index in [9.17, 15) is 4.79 Å². The molecule has 2 aromatic heterocycles. The number of nitrogens with zero attached hydrogens (tertiary/aromatic N) is 3. The van der Waals surface area contributed by atoms with Crippen molar-refractivity contribution in [1.82, 2.24) is 9.55 Å². The van der Waals surface area contributed by atoms with Crippen molar-refractivity contribution in [1.29, 1.82) is 5.26 Å². The van der Waals surface area contributed by atoms with Crippen LogP contribution in [0.5, 0.6) is 0 Å². The summed E-state index contributed by atoms with van der Waals surface area (Å²) < 4.78 is 2.05. The highest BCUT2D eigenvalue weighted by Gasteiger charge is 2.05. The minimum atomic E-state index is 0.410. The smallest absolute Gasteiger partial charge is 0.150 e. The minimum Gasteiger partial charge on any atom is -0.343 e. The van der Waals surface area contributed by atoms with Crippen molar-refractivity contribution in [2.24, 2.45) is 0 Å². The van der Waals surface area contributed by atoms with Gasteiger partial charge in [0.1, 0.15) is 11.8 Å². The molecular weight excluding hydrogens is 250 g/mol. The summed E-state index contributed by atoms with van der Waals surface area (Å²) in [6.45, 7) is 0.642. The van der Waals surface area contributed by atoms with E-state index in [1.165, 1.54) is 0 Å². The highest BCUT2D eigenvalue weighted by molar-refractivity contribution is 5.97. The predicted octanol–water partition coefficient (Wildman–Crippen LogP) is 2.77. The molecule has 0 radical (unpaired) electrons. The highest BCUT2D eigenvalue weighted by atomic mass is 16.1. The van der Waals surface area contributed by atoms with Crippen molar-refractivity contribution in [3.05, 3.63) is 65.6 Å². The van der Waals surface area contributed by atoms with E-state index in [0.29, 0.717) is 17.8 Å². The summed E-state index contributed by atoms with van der Waals surface area (Å²) in [5, 5.41) is 9.81. The summed E-state index contributed by atoms with van der Waals surface area (Å²) in [7, 11) is 0. The van der Waals surface area contributed by atoms with E-state index in [-0.39, 0.29) is 0 Å². The van der Waals surface area contributed by atoms with Crippen molar-refractivity contribution in [3.63, 3.8) is 0 Å². The first-order chi connectivity index (χ1) is 9.81. The molecule has 0 aliphatic carbocycles. The van der Waals surface area contributed by atoms with Gasteiger partial charge < -0.3 is 4.57 Å². The molecule has 4 heteroatoms. The van der Waals surface area contributed by atoms with Crippen LogP contribution in [0, 0.1) is 11.3 Å². The zero-order valence-corrected chi connectivity index (χ0v) is 10.7. The van der Waals surface area contributed by atoms with E-state index >= 15 is 0 Å². The highest BCUT2D eigenvalue weighted by Crippen LogP contribution is 2.20. The molecule has 0 aliphatic rings. The van der Waals surface area contributed by atoms with Crippen molar-refractivity contribution < 1.29 is 4.79 Å². The molecule has 0 N–H and O–H groups in total. The third-order valence-corrected chi connectivity index (χ3v) is 3.27. The third-order valence-electron chi connectivity index (χ3n) is 3.27. The first-order valence-corrected chi connectivity index (χ1v) is 6.20. The second-order valence-corrected chi connectivity index (χ2v) is 4.50. The number of hydrogen-bond donors (Lipinski definition) is 0. The Bertz CT molecular complexity index is 827. The summed E-state index contributed by atoms with van der Waals surface area (Å²) in [6.07, 6.45) is 4.45. The van der Waals surface area contributed by atoms with Gasteiger partial charge in [-0.2, -0.15) is 5.26 Å². The molecule has 96 valence electrons. The Morgan fingerprint density at radius 3 is 3.00 bits per heavy atom. The van der Waals surface area contributed by atoms with Gasteiger partial charge in [-0.05, 0) is 29.8 Å². The second-order valence-electron chi connectivity index (χ2n) is 4.50. The fraction of sp³-hybridized carbons (Fsp3) is 0.0625. The van der Waals surface area contributed by atoms with Crippen LogP contribution in [0.2, 0.25) is 0 Å². The van der Waals surface area contributed by atoms with E-state index in [4.69, 9.17) is 5.26 Å². The number of fused-ring (bicyclic) bond motifs is 1. The van der Waals surface area contributed by atoms with Gasteiger partial charge in [0.2, 0.25) is 0 Å². The number of nitriles is 1. The Morgan fingerprint density at radius 1 is 1.30 bits per heavy atom. The number of benzene rings is 1. The van der Waals surface area contributed by atoms with Crippen LogP contribution in [-0.2, 0) is 6.54 Å². The predicted molar refractivity (Wildman–Crippen MR) is 75.4 cm³/mol. The maximum atomic E-state index is 11.0. The fourth-order valence-corrected chi connectivity index (χ4v) is 2.32. The molecule has 4 nitrogen and oxygen atoms in total. The van der Waals surface area contributed by atoms with Gasteiger partial charge in [0.15, 0.2) is 6.29 Å². The molecular formula is C16H11N3O. The molecule has 1 aromatic carbocycles. The molecule has 3 rings (SSSR count). The van der Waals surface area contributed by atoms with E-state index in [1.54, 1.807) is 18.3 Å². The summed E-state index contributed by atoms with van der Waals surface area (Å²) >= 11 is 0. The summed E-state index contributed by atoms with van der Waals surface area (Å²) in [5.41, 5.74) is 3.11. The quantitative estimate of drug-likeness (QED) is 0.681. The van der Waals surface area contributed by atoms with Crippen LogP contribution < -0.4 is 0 Å². The van der Waals surface area contributed by atoms with E-state index in [1.807, 2.05) is 36.5 Å². The lowest BCUT2D eigenvalue weighted by Gasteiger charge is -2.06. The monoisotopic (exact) mass is 261 g/mol. The van der Waals surface area contributed by atoms with Crippen molar-refractivity contribution in [3.8, 4) is 6.07 Å². The zero-order chi connectivity index (χ0) is 13.9. The molecule has 0 saturated carbocycles. The van der Waals surface area contributed by atoms with Crippen molar-refractivity contribution >= 4 is 17.2 Å². The van der Waals surface area contributed by atoms with Gasteiger partial charge in [-0.15, -0.1) is 0 Å². The standard InChI is InChI=1S/C16H11N3O/c17-9-14-8-12(4-6-18-14)10-19-7-5-15-13(11-20)2-1-3-16(15)19/h1-8,11H,10H2. The van der Waals surface area contributed by atoms with Gasteiger partial charge in [-0.3, -0.25) is 4.79 Å². The van der Waals surface area contributed by atoms with Crippen molar-refractivity contribution in [2.45, 2.75) is 6.54 Å². The van der Waals surface area contributed by atoms with Gasteiger partial charge in [0.25, 0.3) is 0 Å². The molecule has 0 fully saturated rings. The summed E-state index contributed by atoms with van der Waals surface area (Å²) in [6, 6.07) is 13.3. The Hall–Kier alpha value is -2.93. The number of carbonyl (C=O) groups excluding carboxylic acids is 1. The topological polar surface area (TPSA) is 58.7 Å². The number of carbonyl (C=O) groups is 1.